The van der Waals surface area contributed by atoms with Gasteiger partial charge in [0, 0.05) is 56.6 Å². The van der Waals surface area contributed by atoms with Crippen molar-refractivity contribution >= 4 is 46.8 Å². The van der Waals surface area contributed by atoms with Gasteiger partial charge in [-0.25, -0.2) is 4.39 Å². The highest BCUT2D eigenvalue weighted by atomic mass is 19.1. The Morgan fingerprint density at radius 2 is 1.67 bits per heavy atom. The third kappa shape index (κ3) is 10.4. The van der Waals surface area contributed by atoms with Crippen LogP contribution in [0.4, 0.5) is 15.8 Å². The monoisotopic (exact) mass is 839 g/mol. The number of carbonyl (C=O) groups is 6. The second-order valence-corrected chi connectivity index (χ2v) is 17.8. The van der Waals surface area contributed by atoms with Crippen LogP contribution in [-0.4, -0.2) is 116 Å². The van der Waals surface area contributed by atoms with Crippen molar-refractivity contribution in [2.24, 2.45) is 11.1 Å². The van der Waals surface area contributed by atoms with E-state index in [1.165, 1.54) is 17.0 Å². The molecule has 0 bridgehead atoms. The van der Waals surface area contributed by atoms with E-state index in [4.69, 9.17) is 5.73 Å². The quantitative estimate of drug-likeness (QED) is 0.148. The van der Waals surface area contributed by atoms with Crippen LogP contribution in [0.25, 0.3) is 0 Å². The van der Waals surface area contributed by atoms with E-state index in [0.29, 0.717) is 35.5 Å². The first-order valence-corrected chi connectivity index (χ1v) is 20.7. The van der Waals surface area contributed by atoms with Gasteiger partial charge in [0.15, 0.2) is 0 Å². The highest BCUT2D eigenvalue weighted by Gasteiger charge is 2.47. The van der Waals surface area contributed by atoms with Gasteiger partial charge < -0.3 is 42.1 Å². The number of likely N-dealkylation sites (N-methyl/N-ethyl adjacent to an activating group) is 1. The maximum absolute atomic E-state index is 14.1. The average molecular weight is 840 g/mol. The van der Waals surface area contributed by atoms with Crippen LogP contribution < -0.4 is 37.2 Å². The van der Waals surface area contributed by atoms with Gasteiger partial charge in [0.25, 0.3) is 0 Å². The lowest BCUT2D eigenvalue weighted by Crippen LogP contribution is -2.60. The van der Waals surface area contributed by atoms with Gasteiger partial charge in [0.05, 0.1) is 25.0 Å². The number of hydrogen-bond acceptors (Lipinski definition) is 9. The molecule has 3 aliphatic rings. The van der Waals surface area contributed by atoms with Gasteiger partial charge in [-0.05, 0) is 90.9 Å². The van der Waals surface area contributed by atoms with Gasteiger partial charge >= 0.3 is 0 Å². The largest absolute Gasteiger partial charge is 0.368 e. The molecule has 0 aromatic heterocycles. The molecule has 3 aromatic rings. The van der Waals surface area contributed by atoms with Crippen molar-refractivity contribution in [1.82, 2.24) is 31.1 Å². The zero-order valence-corrected chi connectivity index (χ0v) is 35.8. The molecule has 1 saturated heterocycles. The van der Waals surface area contributed by atoms with Crippen LogP contribution in [-0.2, 0) is 53.6 Å². The third-order valence-corrected chi connectivity index (χ3v) is 11.8. The second-order valence-electron chi connectivity index (χ2n) is 17.8. The molecule has 0 radical (unpaired) electrons. The molecule has 3 aromatic carbocycles. The highest BCUT2D eigenvalue weighted by Crippen LogP contribution is 2.42. The highest BCUT2D eigenvalue weighted by molar-refractivity contribution is 6.04. The number of fused-ring (bicyclic) bond motifs is 2. The molecule has 6 rings (SSSR count). The molecule has 4 unspecified atom stereocenters. The number of amides is 6. The Balaban J connectivity index is 1.15. The number of nitrogens with one attached hydrogen (secondary N) is 5. The smallest absolute Gasteiger partial charge is 0.246 e. The first-order chi connectivity index (χ1) is 28.9. The summed E-state index contributed by atoms with van der Waals surface area (Å²) >= 11 is 0. The minimum absolute atomic E-state index is 0.00747. The minimum atomic E-state index is -1.17. The van der Waals surface area contributed by atoms with Crippen LogP contribution in [0, 0.1) is 11.2 Å². The van der Waals surface area contributed by atoms with Gasteiger partial charge in [0.2, 0.25) is 35.4 Å². The van der Waals surface area contributed by atoms with Crippen LogP contribution in [0.1, 0.15) is 62.4 Å². The van der Waals surface area contributed by atoms with Crippen LogP contribution in [0.3, 0.4) is 0 Å². The van der Waals surface area contributed by atoms with Crippen molar-refractivity contribution in [3.8, 4) is 0 Å². The first-order valence-electron chi connectivity index (χ1n) is 20.7. The van der Waals surface area contributed by atoms with Gasteiger partial charge in [-0.2, -0.15) is 0 Å². The molecule has 6 amide bonds. The van der Waals surface area contributed by atoms with Gasteiger partial charge in [-0.15, -0.1) is 0 Å². The molecule has 326 valence electrons. The molecule has 15 nitrogen and oxygen atoms in total. The van der Waals surface area contributed by atoms with Crippen molar-refractivity contribution in [2.45, 2.75) is 77.5 Å². The van der Waals surface area contributed by atoms with Crippen molar-refractivity contribution < 1.29 is 33.2 Å². The summed E-state index contributed by atoms with van der Waals surface area (Å²) in [5.41, 5.74) is 8.91. The number of carbonyl (C=O) groups excluding carboxylic acids is 6. The Kier molecular flexibility index (Phi) is 13.6. The minimum Gasteiger partial charge on any atom is -0.368 e. The summed E-state index contributed by atoms with van der Waals surface area (Å²) < 4.78 is 13.6. The van der Waals surface area contributed by atoms with Gasteiger partial charge in [0.1, 0.15) is 17.9 Å². The molecule has 0 saturated carbocycles. The van der Waals surface area contributed by atoms with E-state index in [2.05, 4.69) is 38.4 Å². The Labute approximate surface area is 356 Å². The number of benzene rings is 3. The van der Waals surface area contributed by atoms with Crippen molar-refractivity contribution in [2.75, 3.05) is 63.1 Å². The Morgan fingerprint density at radius 3 is 2.34 bits per heavy atom. The van der Waals surface area contributed by atoms with E-state index >= 15 is 0 Å². The molecule has 16 heteroatoms. The fourth-order valence-electron chi connectivity index (χ4n) is 8.45. The van der Waals surface area contributed by atoms with E-state index in [9.17, 15) is 33.2 Å². The van der Waals surface area contributed by atoms with E-state index in [1.54, 1.807) is 49.2 Å². The summed E-state index contributed by atoms with van der Waals surface area (Å²) in [5.74, 6) is -2.87. The number of rotatable bonds is 13. The van der Waals surface area contributed by atoms with E-state index in [0.717, 1.165) is 29.8 Å². The summed E-state index contributed by atoms with van der Waals surface area (Å²) in [6.45, 7) is 11.4. The Bertz CT molecular complexity index is 2180. The second kappa shape index (κ2) is 18.5. The maximum Gasteiger partial charge on any atom is 0.246 e. The molecule has 7 N–H and O–H groups in total. The first kappa shape index (κ1) is 44.8. The Morgan fingerprint density at radius 1 is 0.951 bits per heavy atom. The third-order valence-electron chi connectivity index (χ3n) is 11.8. The van der Waals surface area contributed by atoms with Gasteiger partial charge in [-0.1, -0.05) is 51.1 Å². The van der Waals surface area contributed by atoms with E-state index in [-0.39, 0.29) is 62.8 Å². The predicted octanol–water partition coefficient (Wildman–Crippen LogP) is 1.56. The van der Waals surface area contributed by atoms with Crippen LogP contribution in [0.5, 0.6) is 0 Å². The lowest BCUT2D eigenvalue weighted by molar-refractivity contribution is -0.146. The SMILES string of the molecule is CNCC(=O)NC(C(=O)N1Cc2cc(NC(=O)CNC(=O)C3(C)CN(C(=O)CN4CCNC(C)C4)c4cc(Cc5ccc(F)cc5)ccc43)ccc2CC1C(N)=O)C(C)(C)C. The molecule has 1 fully saturated rings. The zero-order chi connectivity index (χ0) is 44.2. The number of primary amides is 1. The maximum atomic E-state index is 14.1. The summed E-state index contributed by atoms with van der Waals surface area (Å²) in [7, 11) is 1.62. The summed E-state index contributed by atoms with van der Waals surface area (Å²) in [4.78, 5) is 85.9. The summed E-state index contributed by atoms with van der Waals surface area (Å²) in [6, 6.07) is 15.5. The molecular weight excluding hydrogens is 782 g/mol. The van der Waals surface area contributed by atoms with Crippen molar-refractivity contribution in [1.29, 1.82) is 0 Å². The summed E-state index contributed by atoms with van der Waals surface area (Å²) in [6.07, 6.45) is 0.660. The zero-order valence-electron chi connectivity index (χ0n) is 35.8. The topological polar surface area (TPSA) is 198 Å². The normalized spacial score (nSPS) is 20.6. The van der Waals surface area contributed by atoms with Crippen LogP contribution in [0.15, 0.2) is 60.7 Å². The number of hydrogen-bond donors (Lipinski definition) is 6. The van der Waals surface area contributed by atoms with Crippen LogP contribution >= 0.6 is 0 Å². The number of halogens is 1. The van der Waals surface area contributed by atoms with E-state index in [1.807, 2.05) is 39.0 Å². The average Bonchev–Trinajstić information content (AvgIpc) is 3.51. The van der Waals surface area contributed by atoms with Gasteiger partial charge in [-0.3, -0.25) is 33.7 Å². The fraction of sp³-hybridized carbons (Fsp3) is 0.467. The van der Waals surface area contributed by atoms with Crippen molar-refractivity contribution in [3.05, 3.63) is 94.3 Å². The lowest BCUT2D eigenvalue weighted by Gasteiger charge is -2.40. The summed E-state index contributed by atoms with van der Waals surface area (Å²) in [5, 5.41) is 14.6. The number of nitrogens with zero attached hydrogens (tertiary/aromatic N) is 3. The number of anilines is 2. The molecule has 4 atom stereocenters. The Hall–Kier alpha value is -5.71. The lowest BCUT2D eigenvalue weighted by atomic mass is 9.83. The number of nitrogens with two attached hydrogens (primary N) is 1. The molecule has 0 spiro atoms. The fourth-order valence-corrected chi connectivity index (χ4v) is 8.45. The molecular formula is C45H58FN9O6. The molecule has 3 aliphatic heterocycles. The molecule has 61 heavy (non-hydrogen) atoms. The standard InChI is InChI=1S/C45H58FN9O6/c1-27-23-53(16-15-49-27)25-39(58)55-26-45(5,34-14-9-29(18-35(34)55)17-28-7-11-32(46)12-8-28)43(61)50-22-38(57)51-33-13-10-30-20-36(41(47)59)54(24-31(30)19-33)42(60)40(44(2,3)4)52-37(56)21-48-6/h7-14,18-19,27,36,40,48-49H,15-17,20-26H2,1-6H3,(H2,47,59)(H,50,61)(H,51,57)(H,52,56). The number of piperazine rings is 1. The molecule has 0 aliphatic carbocycles. The van der Waals surface area contributed by atoms with E-state index < -0.39 is 46.5 Å². The molecule has 3 heterocycles. The van der Waals surface area contributed by atoms with Crippen LogP contribution in [0.2, 0.25) is 0 Å². The predicted molar refractivity (Wildman–Crippen MR) is 230 cm³/mol. The van der Waals surface area contributed by atoms with Crippen molar-refractivity contribution in [3.63, 3.8) is 0 Å².